The maximum Gasteiger partial charge on any atom is 0.319 e. The van der Waals surface area contributed by atoms with Crippen molar-refractivity contribution < 1.29 is 39.2 Å². The molecule has 0 radical (unpaired) electrons. The number of phenolic OH excluding ortho intramolecular Hbond substituents is 2. The number of aryl methyl sites for hydroxylation is 2. The molecule has 0 spiro atoms. The van der Waals surface area contributed by atoms with Crippen molar-refractivity contribution in [3.63, 3.8) is 0 Å². The Morgan fingerprint density at radius 3 is 2.05 bits per heavy atom. The molecule has 6 aromatic rings. The number of piperidine rings is 1. The summed E-state index contributed by atoms with van der Waals surface area (Å²) in [6.45, 7) is 17.1. The number of ether oxygens (including phenoxy) is 1. The first-order valence-corrected chi connectivity index (χ1v) is 28.3. The standard InChI is InChI=1S/C62H81N9O8/c1-39(2)30-50(57(75)62(7)38-79-62)65-60(77)52(32-44-16-12-9-13-17-44)66-59(76)51(31-40(3)4)63-36-46(19-18-42-14-10-8-11-15-42)64-56(74)37-69-26-22-43(23-27-69)24-28-70-29-25-45-33-47(20-21-53(45)70)71-58(67-68-61(71)78)49-34-48(41(5)6)54(72)35-55(49)73/h8-17,20-21,25,29,33-35,39-41,43,46,50-52,63,72-73H,18-19,22-24,26-28,30-32,36-38H2,1-7H3,(H,64,74)(H,65,77)(H,66,76)(H,68,78)/t46-,50-,51?,52-,62+/m0/s1. The van der Waals surface area contributed by atoms with Crippen LogP contribution in [0.2, 0.25) is 0 Å². The summed E-state index contributed by atoms with van der Waals surface area (Å²) in [6.07, 6.45) is 7.54. The highest BCUT2D eigenvalue weighted by Crippen LogP contribution is 2.39. The lowest BCUT2D eigenvalue weighted by Crippen LogP contribution is -2.58. The van der Waals surface area contributed by atoms with Gasteiger partial charge in [-0.1, -0.05) is 107 Å². The SMILES string of the molecule is CC(C)CC(NC[C@H](CCc1ccccc1)NC(=O)CN1CCC(CCn2ccc3cc(-n4c(O)nnc4-c4cc(C(C)C)c(O)cc4O)ccc32)CC1)C(=O)N[C@@H](Cc1ccccc1)C(=O)N[C@@H](CC(C)C)C(=O)[C@@]1(C)CO1. The number of likely N-dealkylation sites (tertiary alicyclic amines) is 1. The lowest BCUT2D eigenvalue weighted by molar-refractivity contribution is -0.133. The van der Waals surface area contributed by atoms with Crippen molar-refractivity contribution in [2.24, 2.45) is 17.8 Å². The third kappa shape index (κ3) is 15.4. The highest BCUT2D eigenvalue weighted by atomic mass is 16.6. The van der Waals surface area contributed by atoms with Gasteiger partial charge in [0, 0.05) is 48.7 Å². The second-order valence-corrected chi connectivity index (χ2v) is 23.2. The number of nitrogens with zero attached hydrogens (tertiary/aromatic N) is 5. The van der Waals surface area contributed by atoms with E-state index in [4.69, 9.17) is 4.74 Å². The Kier molecular flexibility index (Phi) is 19.3. The van der Waals surface area contributed by atoms with Crippen LogP contribution in [0, 0.1) is 17.8 Å². The number of epoxide rings is 1. The third-order valence-electron chi connectivity index (χ3n) is 15.5. The average molecular weight is 1080 g/mol. The Hall–Kier alpha value is -7.08. The second kappa shape index (κ2) is 26.3. The molecule has 3 amide bonds. The third-order valence-corrected chi connectivity index (χ3v) is 15.5. The van der Waals surface area contributed by atoms with Crippen molar-refractivity contribution in [3.8, 4) is 34.6 Å². The van der Waals surface area contributed by atoms with Gasteiger partial charge in [-0.2, -0.15) is 0 Å². The summed E-state index contributed by atoms with van der Waals surface area (Å²) in [5.41, 5.74) is 3.77. The monoisotopic (exact) mass is 1080 g/mol. The molecule has 2 aliphatic heterocycles. The lowest BCUT2D eigenvalue weighted by atomic mass is 9.93. The van der Waals surface area contributed by atoms with Crippen molar-refractivity contribution in [2.75, 3.05) is 32.8 Å². The molecular formula is C62H81N9O8. The van der Waals surface area contributed by atoms with E-state index in [-0.39, 0.29) is 77.7 Å². The number of rotatable bonds is 27. The fraction of sp³-hybridized carbons (Fsp3) is 0.484. The Morgan fingerprint density at radius 1 is 0.747 bits per heavy atom. The molecule has 422 valence electrons. The van der Waals surface area contributed by atoms with Crippen molar-refractivity contribution in [3.05, 3.63) is 120 Å². The Labute approximate surface area is 464 Å². The molecule has 2 aliphatic rings. The van der Waals surface area contributed by atoms with E-state index in [1.807, 2.05) is 100 Å². The number of Topliss-reactive ketones (excluding diaryl/α,β-unsaturated/α-hetero) is 1. The number of fused-ring (bicyclic) bond motifs is 1. The molecule has 0 saturated carbocycles. The van der Waals surface area contributed by atoms with Crippen molar-refractivity contribution in [2.45, 2.75) is 142 Å². The number of carbonyl (C=O) groups excluding carboxylic acids is 4. The van der Waals surface area contributed by atoms with E-state index in [2.05, 4.69) is 73.1 Å². The number of aromatic nitrogens is 4. The van der Waals surface area contributed by atoms with E-state index in [0.717, 1.165) is 67.3 Å². The van der Waals surface area contributed by atoms with Crippen LogP contribution in [0.4, 0.5) is 0 Å². The smallest absolute Gasteiger partial charge is 0.319 e. The molecule has 2 saturated heterocycles. The van der Waals surface area contributed by atoms with Gasteiger partial charge in [0.15, 0.2) is 11.6 Å². The highest BCUT2D eigenvalue weighted by Gasteiger charge is 2.50. The maximum atomic E-state index is 14.4. The topological polar surface area (TPSA) is 228 Å². The average Bonchev–Trinajstić information content (AvgIpc) is 4.10. The molecular weight excluding hydrogens is 999 g/mol. The summed E-state index contributed by atoms with van der Waals surface area (Å²) in [4.78, 5) is 58.3. The molecule has 8 rings (SSSR count). The molecule has 17 heteroatoms. The van der Waals surface area contributed by atoms with Gasteiger partial charge in [0.25, 0.3) is 0 Å². The number of hydrogen-bond acceptors (Lipinski definition) is 12. The van der Waals surface area contributed by atoms with Crippen LogP contribution in [0.25, 0.3) is 28.0 Å². The predicted molar refractivity (Wildman–Crippen MR) is 306 cm³/mol. The van der Waals surface area contributed by atoms with E-state index in [0.29, 0.717) is 55.1 Å². The predicted octanol–water partition coefficient (Wildman–Crippen LogP) is 7.97. The summed E-state index contributed by atoms with van der Waals surface area (Å²) >= 11 is 0. The normalized spacial score (nSPS) is 17.4. The minimum absolute atomic E-state index is 0.0123. The number of nitrogens with one attached hydrogen (secondary N) is 4. The highest BCUT2D eigenvalue weighted by molar-refractivity contribution is 5.98. The molecule has 5 atom stereocenters. The van der Waals surface area contributed by atoms with E-state index in [1.165, 1.54) is 10.6 Å². The molecule has 7 N–H and O–H groups in total. The van der Waals surface area contributed by atoms with Crippen LogP contribution in [0.3, 0.4) is 0 Å². The van der Waals surface area contributed by atoms with Gasteiger partial charge in [0.1, 0.15) is 23.1 Å². The van der Waals surface area contributed by atoms with Crippen LogP contribution < -0.4 is 21.3 Å². The van der Waals surface area contributed by atoms with Crippen LogP contribution in [0.1, 0.15) is 110 Å². The van der Waals surface area contributed by atoms with Crippen LogP contribution in [-0.2, 0) is 43.3 Å². The second-order valence-electron chi connectivity index (χ2n) is 23.2. The maximum absolute atomic E-state index is 14.4. The van der Waals surface area contributed by atoms with Gasteiger partial charge in [-0.25, -0.2) is 4.57 Å². The van der Waals surface area contributed by atoms with Gasteiger partial charge < -0.3 is 45.9 Å². The van der Waals surface area contributed by atoms with Gasteiger partial charge >= 0.3 is 6.01 Å². The first-order chi connectivity index (χ1) is 37.8. The zero-order valence-corrected chi connectivity index (χ0v) is 47.0. The number of hydrogen-bond donors (Lipinski definition) is 7. The van der Waals surface area contributed by atoms with Gasteiger partial charge in [0.05, 0.1) is 36.5 Å². The lowest BCUT2D eigenvalue weighted by Gasteiger charge is -2.32. The minimum atomic E-state index is -0.948. The molecule has 1 unspecified atom stereocenters. The summed E-state index contributed by atoms with van der Waals surface area (Å²) in [6, 6.07) is 27.6. The first kappa shape index (κ1) is 58.1. The van der Waals surface area contributed by atoms with Crippen molar-refractivity contribution in [1.82, 2.24) is 45.5 Å². The Bertz CT molecular complexity index is 3020. The van der Waals surface area contributed by atoms with E-state index < -0.39 is 29.6 Å². The number of aromatic hydroxyl groups is 3. The zero-order valence-electron chi connectivity index (χ0n) is 47.0. The molecule has 2 fully saturated rings. The number of phenols is 2. The Balaban J connectivity index is 0.867. The largest absolute Gasteiger partial charge is 0.508 e. The van der Waals surface area contributed by atoms with Gasteiger partial charge in [-0.05, 0) is 136 Å². The summed E-state index contributed by atoms with van der Waals surface area (Å²) < 4.78 is 9.21. The van der Waals surface area contributed by atoms with Crippen molar-refractivity contribution in [1.29, 1.82) is 0 Å². The van der Waals surface area contributed by atoms with E-state index in [9.17, 15) is 34.5 Å². The molecule has 79 heavy (non-hydrogen) atoms. The summed E-state index contributed by atoms with van der Waals surface area (Å²) in [7, 11) is 0. The van der Waals surface area contributed by atoms with Crippen LogP contribution in [-0.4, -0.2) is 126 Å². The molecule has 0 aliphatic carbocycles. The Morgan fingerprint density at radius 2 is 1.39 bits per heavy atom. The molecule has 4 heterocycles. The fourth-order valence-corrected chi connectivity index (χ4v) is 10.9. The fourth-order valence-electron chi connectivity index (χ4n) is 10.9. The van der Waals surface area contributed by atoms with Crippen LogP contribution >= 0.6 is 0 Å². The zero-order chi connectivity index (χ0) is 56.4. The molecule has 17 nitrogen and oxygen atoms in total. The number of benzene rings is 4. The van der Waals surface area contributed by atoms with Crippen molar-refractivity contribution >= 4 is 34.4 Å². The van der Waals surface area contributed by atoms with Gasteiger partial charge in [-0.3, -0.25) is 24.1 Å². The minimum Gasteiger partial charge on any atom is -0.508 e. The van der Waals surface area contributed by atoms with Gasteiger partial charge in [0.2, 0.25) is 17.7 Å². The number of amides is 3. The summed E-state index contributed by atoms with van der Waals surface area (Å²) in [5.74, 6) is -0.169. The summed E-state index contributed by atoms with van der Waals surface area (Å²) in [5, 5.41) is 54.1. The van der Waals surface area contributed by atoms with Gasteiger partial charge in [-0.15, -0.1) is 5.10 Å². The first-order valence-electron chi connectivity index (χ1n) is 28.3. The van der Waals surface area contributed by atoms with Crippen LogP contribution in [0.15, 0.2) is 103 Å². The molecule has 2 aromatic heterocycles. The molecule has 0 bridgehead atoms. The van der Waals surface area contributed by atoms with E-state index >= 15 is 0 Å². The number of ketones is 1. The van der Waals surface area contributed by atoms with Crippen LogP contribution in [0.5, 0.6) is 17.5 Å². The molecule has 4 aromatic carbocycles. The number of carbonyl (C=O) groups is 4. The van der Waals surface area contributed by atoms with E-state index in [1.54, 1.807) is 13.0 Å². The quantitative estimate of drug-likeness (QED) is 0.0244.